The second-order valence-electron chi connectivity index (χ2n) is 6.57. The topological polar surface area (TPSA) is 59.6 Å². The van der Waals surface area contributed by atoms with Crippen LogP contribution in [0.3, 0.4) is 0 Å². The summed E-state index contributed by atoms with van der Waals surface area (Å²) in [6, 6.07) is 9.10. The number of thiophene rings is 1. The molecule has 3 aromatic rings. The highest BCUT2D eigenvalue weighted by Crippen LogP contribution is 2.31. The standard InChI is InChI=1S/C19H20ClN3O2S/c20-13-3-4-15-16(11-21-17(15)10-13)18(19(24)25)23-7-5-22(6-8-23)12-14-2-1-9-26-14/h1-4,9-11,18,21H,5-8,12H2,(H,24,25)/t18-/m0/s1. The van der Waals surface area contributed by atoms with Crippen molar-refractivity contribution in [3.05, 3.63) is 57.4 Å². The van der Waals surface area contributed by atoms with Gasteiger partial charge in [-0.3, -0.25) is 14.6 Å². The van der Waals surface area contributed by atoms with Crippen LogP contribution in [-0.2, 0) is 11.3 Å². The number of aromatic nitrogens is 1. The number of carboxylic acids is 1. The summed E-state index contributed by atoms with van der Waals surface area (Å²) in [5, 5.41) is 13.5. The lowest BCUT2D eigenvalue weighted by Crippen LogP contribution is -2.48. The van der Waals surface area contributed by atoms with Crippen LogP contribution in [0.5, 0.6) is 0 Å². The molecule has 7 heteroatoms. The summed E-state index contributed by atoms with van der Waals surface area (Å²) in [5.41, 5.74) is 1.67. The molecule has 0 amide bonds. The van der Waals surface area contributed by atoms with Gasteiger partial charge in [0.25, 0.3) is 0 Å². The maximum absolute atomic E-state index is 12.1. The molecule has 2 aromatic heterocycles. The normalized spacial score (nSPS) is 17.6. The fraction of sp³-hybridized carbons (Fsp3) is 0.316. The number of piperazine rings is 1. The Morgan fingerprint density at radius 1 is 1.27 bits per heavy atom. The van der Waals surface area contributed by atoms with Crippen molar-refractivity contribution in [1.29, 1.82) is 0 Å². The largest absolute Gasteiger partial charge is 0.480 e. The smallest absolute Gasteiger partial charge is 0.325 e. The fourth-order valence-electron chi connectivity index (χ4n) is 3.64. The Kier molecular flexibility index (Phi) is 5.00. The minimum absolute atomic E-state index is 0.639. The Morgan fingerprint density at radius 3 is 2.77 bits per heavy atom. The predicted molar refractivity (Wildman–Crippen MR) is 105 cm³/mol. The molecule has 136 valence electrons. The number of nitrogens with zero attached hydrogens (tertiary/aromatic N) is 2. The predicted octanol–water partition coefficient (Wildman–Crippen LogP) is 3.83. The van der Waals surface area contributed by atoms with Crippen LogP contribution in [0.2, 0.25) is 5.02 Å². The van der Waals surface area contributed by atoms with Crippen LogP contribution in [0, 0.1) is 0 Å². The molecule has 2 N–H and O–H groups in total. The van der Waals surface area contributed by atoms with Gasteiger partial charge in [-0.15, -0.1) is 11.3 Å². The Balaban J connectivity index is 1.51. The second kappa shape index (κ2) is 7.40. The van der Waals surface area contributed by atoms with E-state index in [1.54, 1.807) is 23.6 Å². The number of fused-ring (bicyclic) bond motifs is 1. The summed E-state index contributed by atoms with van der Waals surface area (Å²) in [6.07, 6.45) is 1.80. The molecular weight excluding hydrogens is 370 g/mol. The monoisotopic (exact) mass is 389 g/mol. The van der Waals surface area contributed by atoms with Crippen LogP contribution in [0.1, 0.15) is 16.5 Å². The first-order valence-electron chi connectivity index (χ1n) is 8.60. The molecule has 5 nitrogen and oxygen atoms in total. The molecule has 1 saturated heterocycles. The molecule has 0 aliphatic carbocycles. The van der Waals surface area contributed by atoms with Crippen LogP contribution in [0.4, 0.5) is 0 Å². The van der Waals surface area contributed by atoms with Gasteiger partial charge in [0, 0.05) is 65.3 Å². The number of benzene rings is 1. The van der Waals surface area contributed by atoms with Gasteiger partial charge in [-0.05, 0) is 23.6 Å². The molecule has 1 atom stereocenters. The van der Waals surface area contributed by atoms with Crippen molar-refractivity contribution in [3.63, 3.8) is 0 Å². The molecule has 0 saturated carbocycles. The van der Waals surface area contributed by atoms with E-state index in [1.165, 1.54) is 4.88 Å². The third-order valence-electron chi connectivity index (χ3n) is 4.94. The molecule has 26 heavy (non-hydrogen) atoms. The molecule has 0 spiro atoms. The zero-order valence-corrected chi connectivity index (χ0v) is 15.8. The number of hydrogen-bond acceptors (Lipinski definition) is 4. The van der Waals surface area contributed by atoms with E-state index in [-0.39, 0.29) is 0 Å². The first-order chi connectivity index (χ1) is 12.6. The van der Waals surface area contributed by atoms with Crippen molar-refractivity contribution >= 4 is 39.8 Å². The van der Waals surface area contributed by atoms with E-state index in [2.05, 4.69) is 32.3 Å². The first-order valence-corrected chi connectivity index (χ1v) is 9.86. The lowest BCUT2D eigenvalue weighted by Gasteiger charge is -2.37. The Labute approximate surface area is 160 Å². The quantitative estimate of drug-likeness (QED) is 0.696. The van der Waals surface area contributed by atoms with Crippen molar-refractivity contribution < 1.29 is 9.90 Å². The molecule has 3 heterocycles. The number of H-pyrrole nitrogens is 1. The van der Waals surface area contributed by atoms with Gasteiger partial charge in [0.15, 0.2) is 0 Å². The molecule has 0 bridgehead atoms. The van der Waals surface area contributed by atoms with Gasteiger partial charge in [-0.1, -0.05) is 23.7 Å². The number of carbonyl (C=O) groups is 1. The SMILES string of the molecule is O=C(O)[C@H](c1c[nH]c2cc(Cl)ccc12)N1CCN(Cc2cccs2)CC1. The zero-order chi connectivity index (χ0) is 18.1. The highest BCUT2D eigenvalue weighted by atomic mass is 35.5. The summed E-state index contributed by atoms with van der Waals surface area (Å²) in [6.45, 7) is 4.16. The van der Waals surface area contributed by atoms with Gasteiger partial charge in [0.2, 0.25) is 0 Å². The van der Waals surface area contributed by atoms with E-state index < -0.39 is 12.0 Å². The summed E-state index contributed by atoms with van der Waals surface area (Å²) >= 11 is 7.81. The fourth-order valence-corrected chi connectivity index (χ4v) is 4.55. The van der Waals surface area contributed by atoms with E-state index in [1.807, 2.05) is 12.1 Å². The van der Waals surface area contributed by atoms with Crippen LogP contribution in [0.15, 0.2) is 41.9 Å². The Bertz CT molecular complexity index is 901. The van der Waals surface area contributed by atoms with Crippen molar-refractivity contribution in [2.75, 3.05) is 26.2 Å². The maximum Gasteiger partial charge on any atom is 0.325 e. The lowest BCUT2D eigenvalue weighted by molar-refractivity contribution is -0.144. The number of nitrogens with one attached hydrogen (secondary N) is 1. The third kappa shape index (κ3) is 3.50. The number of rotatable bonds is 5. The number of carboxylic acid groups (broad SMARTS) is 1. The van der Waals surface area contributed by atoms with E-state index >= 15 is 0 Å². The summed E-state index contributed by atoms with van der Waals surface area (Å²) in [4.78, 5) is 21.0. The van der Waals surface area contributed by atoms with Crippen molar-refractivity contribution in [2.24, 2.45) is 0 Å². The van der Waals surface area contributed by atoms with Crippen LogP contribution in [0.25, 0.3) is 10.9 Å². The minimum Gasteiger partial charge on any atom is -0.480 e. The average Bonchev–Trinajstić information content (AvgIpc) is 3.26. The van der Waals surface area contributed by atoms with Crippen LogP contribution >= 0.6 is 22.9 Å². The van der Waals surface area contributed by atoms with E-state index in [0.29, 0.717) is 5.02 Å². The molecule has 0 radical (unpaired) electrons. The van der Waals surface area contributed by atoms with Gasteiger partial charge in [-0.2, -0.15) is 0 Å². The van der Waals surface area contributed by atoms with E-state index in [0.717, 1.165) is 49.2 Å². The van der Waals surface area contributed by atoms with Crippen molar-refractivity contribution in [1.82, 2.24) is 14.8 Å². The summed E-state index contributed by atoms with van der Waals surface area (Å²) in [5.74, 6) is -0.812. The highest BCUT2D eigenvalue weighted by molar-refractivity contribution is 7.09. The molecule has 4 rings (SSSR count). The van der Waals surface area contributed by atoms with Crippen molar-refractivity contribution in [2.45, 2.75) is 12.6 Å². The molecule has 1 aromatic carbocycles. The van der Waals surface area contributed by atoms with Crippen LogP contribution < -0.4 is 0 Å². The van der Waals surface area contributed by atoms with Gasteiger partial charge < -0.3 is 10.1 Å². The zero-order valence-electron chi connectivity index (χ0n) is 14.2. The maximum atomic E-state index is 12.1. The van der Waals surface area contributed by atoms with E-state index in [4.69, 9.17) is 11.6 Å². The van der Waals surface area contributed by atoms with Gasteiger partial charge in [-0.25, -0.2) is 0 Å². The highest BCUT2D eigenvalue weighted by Gasteiger charge is 2.32. The van der Waals surface area contributed by atoms with Gasteiger partial charge in [0.05, 0.1) is 0 Å². The minimum atomic E-state index is -0.812. The summed E-state index contributed by atoms with van der Waals surface area (Å²) in [7, 11) is 0. The molecule has 1 aliphatic rings. The number of aromatic amines is 1. The summed E-state index contributed by atoms with van der Waals surface area (Å²) < 4.78 is 0. The number of halogens is 1. The number of aliphatic carboxylic acids is 1. The second-order valence-corrected chi connectivity index (χ2v) is 8.03. The van der Waals surface area contributed by atoms with Crippen molar-refractivity contribution in [3.8, 4) is 0 Å². The Hall–Kier alpha value is -1.86. The van der Waals surface area contributed by atoms with Crippen LogP contribution in [-0.4, -0.2) is 52.0 Å². The first kappa shape index (κ1) is 17.5. The lowest BCUT2D eigenvalue weighted by atomic mass is 10.0. The molecule has 1 aliphatic heterocycles. The third-order valence-corrected chi connectivity index (χ3v) is 6.03. The number of hydrogen-bond donors (Lipinski definition) is 2. The van der Waals surface area contributed by atoms with Gasteiger partial charge >= 0.3 is 5.97 Å². The Morgan fingerprint density at radius 2 is 2.08 bits per heavy atom. The molecular formula is C19H20ClN3O2S. The average molecular weight is 390 g/mol. The van der Waals surface area contributed by atoms with Gasteiger partial charge in [0.1, 0.15) is 6.04 Å². The molecule has 0 unspecified atom stereocenters. The van der Waals surface area contributed by atoms with E-state index in [9.17, 15) is 9.90 Å². The molecule has 1 fully saturated rings.